The Labute approximate surface area is 150 Å². The number of hydrogen-bond acceptors (Lipinski definition) is 4. The van der Waals surface area contributed by atoms with E-state index in [2.05, 4.69) is 9.97 Å². The van der Waals surface area contributed by atoms with Crippen molar-refractivity contribution in [2.45, 2.75) is 0 Å². The van der Waals surface area contributed by atoms with Crippen molar-refractivity contribution in [2.75, 3.05) is 12.8 Å². The molecule has 2 N–H and O–H groups in total. The number of nitrogens with zero attached hydrogens (tertiary/aromatic N) is 2. The normalized spacial score (nSPS) is 10.8. The highest BCUT2D eigenvalue weighted by Gasteiger charge is 2.15. The number of nitrogens with two attached hydrogens (primary N) is 1. The van der Waals surface area contributed by atoms with Crippen molar-refractivity contribution >= 4 is 16.7 Å². The molecule has 0 amide bonds. The molecule has 0 aliphatic rings. The van der Waals surface area contributed by atoms with E-state index in [9.17, 15) is 4.39 Å². The highest BCUT2D eigenvalue weighted by atomic mass is 19.1. The van der Waals surface area contributed by atoms with Gasteiger partial charge in [-0.1, -0.05) is 36.4 Å². The average molecular weight is 345 g/mol. The number of hydrogen-bond donors (Lipinski definition) is 1. The molecule has 128 valence electrons. The third-order valence-electron chi connectivity index (χ3n) is 4.32. The van der Waals surface area contributed by atoms with E-state index >= 15 is 0 Å². The Bertz CT molecular complexity index is 1090. The van der Waals surface area contributed by atoms with Gasteiger partial charge < -0.3 is 10.5 Å². The molecular formula is C21H16FN3O. The van der Waals surface area contributed by atoms with Crippen molar-refractivity contribution in [3.8, 4) is 28.1 Å². The van der Waals surface area contributed by atoms with Gasteiger partial charge in [-0.3, -0.25) is 0 Å². The zero-order valence-corrected chi connectivity index (χ0v) is 14.1. The van der Waals surface area contributed by atoms with Crippen LogP contribution in [0.2, 0.25) is 0 Å². The van der Waals surface area contributed by atoms with Crippen LogP contribution in [0.3, 0.4) is 0 Å². The Kier molecular flexibility index (Phi) is 3.97. The van der Waals surface area contributed by atoms with Crippen LogP contribution < -0.4 is 10.5 Å². The SMILES string of the molecule is COc1ccc(-c2nc(N)ncc2-c2ccc(F)cc2)c2ccccc12. The molecule has 0 aliphatic heterocycles. The fraction of sp³-hybridized carbons (Fsp3) is 0.0476. The van der Waals surface area contributed by atoms with Crippen molar-refractivity contribution in [1.82, 2.24) is 9.97 Å². The second-order valence-electron chi connectivity index (χ2n) is 5.86. The molecule has 0 atom stereocenters. The van der Waals surface area contributed by atoms with Crippen LogP contribution in [0, 0.1) is 5.82 Å². The summed E-state index contributed by atoms with van der Waals surface area (Å²) in [6.45, 7) is 0. The number of rotatable bonds is 3. The predicted molar refractivity (Wildman–Crippen MR) is 101 cm³/mol. The predicted octanol–water partition coefficient (Wildman–Crippen LogP) is 4.69. The number of ether oxygens (including phenoxy) is 1. The van der Waals surface area contributed by atoms with Crippen LogP contribution in [0.1, 0.15) is 0 Å². The lowest BCUT2D eigenvalue weighted by Crippen LogP contribution is -1.99. The van der Waals surface area contributed by atoms with Crippen LogP contribution in [0.25, 0.3) is 33.2 Å². The molecule has 0 radical (unpaired) electrons. The molecule has 0 saturated carbocycles. The number of fused-ring (bicyclic) bond motifs is 1. The maximum absolute atomic E-state index is 13.3. The highest BCUT2D eigenvalue weighted by molar-refractivity contribution is 6.02. The Hall–Kier alpha value is -3.47. The molecule has 4 aromatic rings. The van der Waals surface area contributed by atoms with E-state index in [1.807, 2.05) is 36.4 Å². The van der Waals surface area contributed by atoms with Crippen LogP contribution in [-0.2, 0) is 0 Å². The summed E-state index contributed by atoms with van der Waals surface area (Å²) in [5.74, 6) is 0.682. The summed E-state index contributed by atoms with van der Waals surface area (Å²) < 4.78 is 18.8. The van der Waals surface area contributed by atoms with Crippen LogP contribution in [0.15, 0.2) is 66.9 Å². The Morgan fingerprint density at radius 1 is 0.885 bits per heavy atom. The van der Waals surface area contributed by atoms with Crippen LogP contribution in [-0.4, -0.2) is 17.1 Å². The van der Waals surface area contributed by atoms with Gasteiger partial charge in [0.25, 0.3) is 0 Å². The standard InChI is InChI=1S/C21H16FN3O/c1-26-19-11-10-17(15-4-2-3-5-16(15)19)20-18(12-24-21(23)25-20)13-6-8-14(22)9-7-13/h2-12H,1H3,(H2,23,24,25). The van der Waals surface area contributed by atoms with Crippen molar-refractivity contribution in [3.05, 3.63) is 72.7 Å². The molecule has 1 aromatic heterocycles. The van der Waals surface area contributed by atoms with E-state index in [4.69, 9.17) is 10.5 Å². The minimum absolute atomic E-state index is 0.186. The Balaban J connectivity index is 2.01. The number of anilines is 1. The summed E-state index contributed by atoms with van der Waals surface area (Å²) in [6, 6.07) is 18.1. The molecule has 0 unspecified atom stereocenters. The fourth-order valence-corrected chi connectivity index (χ4v) is 3.10. The minimum Gasteiger partial charge on any atom is -0.496 e. The van der Waals surface area contributed by atoms with Crippen molar-refractivity contribution in [2.24, 2.45) is 0 Å². The zero-order valence-electron chi connectivity index (χ0n) is 14.1. The first kappa shape index (κ1) is 16.0. The van der Waals surface area contributed by atoms with Crippen LogP contribution in [0.4, 0.5) is 10.3 Å². The smallest absolute Gasteiger partial charge is 0.220 e. The lowest BCUT2D eigenvalue weighted by atomic mass is 9.96. The van der Waals surface area contributed by atoms with Gasteiger partial charge in [0, 0.05) is 22.7 Å². The Morgan fingerprint density at radius 3 is 2.35 bits per heavy atom. The molecule has 5 heteroatoms. The molecule has 3 aromatic carbocycles. The molecule has 4 nitrogen and oxygen atoms in total. The molecular weight excluding hydrogens is 329 g/mol. The lowest BCUT2D eigenvalue weighted by molar-refractivity contribution is 0.420. The Morgan fingerprint density at radius 2 is 1.62 bits per heavy atom. The largest absolute Gasteiger partial charge is 0.496 e. The average Bonchev–Trinajstić information content (AvgIpc) is 2.68. The first-order valence-corrected chi connectivity index (χ1v) is 8.12. The number of benzene rings is 3. The summed E-state index contributed by atoms with van der Waals surface area (Å²) in [5, 5.41) is 1.98. The second-order valence-corrected chi connectivity index (χ2v) is 5.86. The molecule has 0 fully saturated rings. The molecule has 0 spiro atoms. The maximum atomic E-state index is 13.3. The summed E-state index contributed by atoms with van der Waals surface area (Å²) in [6.07, 6.45) is 1.67. The monoisotopic (exact) mass is 345 g/mol. The number of halogens is 1. The first-order chi connectivity index (χ1) is 12.7. The van der Waals surface area contributed by atoms with Gasteiger partial charge in [-0.05, 0) is 35.2 Å². The topological polar surface area (TPSA) is 61.0 Å². The van der Waals surface area contributed by atoms with Crippen LogP contribution >= 0.6 is 0 Å². The molecule has 4 rings (SSSR count). The second kappa shape index (κ2) is 6.44. The van der Waals surface area contributed by atoms with Crippen LogP contribution in [0.5, 0.6) is 5.75 Å². The summed E-state index contributed by atoms with van der Waals surface area (Å²) >= 11 is 0. The summed E-state index contributed by atoms with van der Waals surface area (Å²) in [7, 11) is 1.65. The third-order valence-corrected chi connectivity index (χ3v) is 4.32. The maximum Gasteiger partial charge on any atom is 0.220 e. The van der Waals surface area contributed by atoms with E-state index in [-0.39, 0.29) is 11.8 Å². The van der Waals surface area contributed by atoms with E-state index in [1.165, 1.54) is 12.1 Å². The number of methoxy groups -OCH3 is 1. The van der Waals surface area contributed by atoms with E-state index in [0.717, 1.165) is 33.2 Å². The van der Waals surface area contributed by atoms with Gasteiger partial charge in [-0.15, -0.1) is 0 Å². The summed E-state index contributed by atoms with van der Waals surface area (Å²) in [4.78, 5) is 8.61. The van der Waals surface area contributed by atoms with E-state index < -0.39 is 0 Å². The molecule has 0 saturated heterocycles. The van der Waals surface area contributed by atoms with Gasteiger partial charge >= 0.3 is 0 Å². The minimum atomic E-state index is -0.290. The van der Waals surface area contributed by atoms with Gasteiger partial charge in [-0.2, -0.15) is 0 Å². The van der Waals surface area contributed by atoms with E-state index in [1.54, 1.807) is 25.4 Å². The molecule has 0 aliphatic carbocycles. The number of nitrogen functional groups attached to an aromatic ring is 1. The van der Waals surface area contributed by atoms with Crippen molar-refractivity contribution < 1.29 is 9.13 Å². The van der Waals surface area contributed by atoms with Gasteiger partial charge in [-0.25, -0.2) is 14.4 Å². The quantitative estimate of drug-likeness (QED) is 0.585. The fourth-order valence-electron chi connectivity index (χ4n) is 3.10. The summed E-state index contributed by atoms with van der Waals surface area (Å²) in [5.41, 5.74) is 9.08. The van der Waals surface area contributed by atoms with Gasteiger partial charge in [0.2, 0.25) is 5.95 Å². The first-order valence-electron chi connectivity index (χ1n) is 8.12. The van der Waals surface area contributed by atoms with E-state index in [0.29, 0.717) is 5.69 Å². The van der Waals surface area contributed by atoms with Gasteiger partial charge in [0.1, 0.15) is 11.6 Å². The zero-order chi connectivity index (χ0) is 18.1. The molecule has 26 heavy (non-hydrogen) atoms. The van der Waals surface area contributed by atoms with Crippen molar-refractivity contribution in [1.29, 1.82) is 0 Å². The molecule has 0 bridgehead atoms. The van der Waals surface area contributed by atoms with Gasteiger partial charge in [0.05, 0.1) is 12.8 Å². The highest BCUT2D eigenvalue weighted by Crippen LogP contribution is 2.38. The third kappa shape index (κ3) is 2.73. The lowest BCUT2D eigenvalue weighted by Gasteiger charge is -2.14. The molecule has 1 heterocycles. The number of aromatic nitrogens is 2. The van der Waals surface area contributed by atoms with Crippen molar-refractivity contribution in [3.63, 3.8) is 0 Å². The van der Waals surface area contributed by atoms with Gasteiger partial charge in [0.15, 0.2) is 0 Å².